The summed E-state index contributed by atoms with van der Waals surface area (Å²) >= 11 is 6.35. The highest BCUT2D eigenvalue weighted by atomic mass is 35.5. The summed E-state index contributed by atoms with van der Waals surface area (Å²) < 4.78 is 5.76. The van der Waals surface area contributed by atoms with E-state index in [1.165, 1.54) is 0 Å². The molecule has 8 heteroatoms. The van der Waals surface area contributed by atoms with Crippen LogP contribution in [0.15, 0.2) is 36.4 Å². The zero-order valence-electron chi connectivity index (χ0n) is 13.4. The molecular formula is C17H17ClN6O. The molecule has 0 atom stereocenters. The number of hydrogen-bond acceptors (Lipinski definition) is 6. The predicted molar refractivity (Wildman–Crippen MR) is 94.1 cm³/mol. The number of tetrazole rings is 1. The molecule has 0 radical (unpaired) electrons. The Kier molecular flexibility index (Phi) is 4.10. The monoisotopic (exact) mass is 356 g/mol. The molecule has 1 aromatic carbocycles. The summed E-state index contributed by atoms with van der Waals surface area (Å²) in [7, 11) is 0. The molecule has 7 nitrogen and oxygen atoms in total. The topological polar surface area (TPSA) is 103 Å². The fourth-order valence-electron chi connectivity index (χ4n) is 2.61. The maximum Gasteiger partial charge on any atom is 0.214 e. The fraction of sp³-hybridized carbons (Fsp3) is 0.294. The molecular weight excluding hydrogens is 340 g/mol. The second-order valence-corrected chi connectivity index (χ2v) is 6.65. The first-order chi connectivity index (χ1) is 12.2. The summed E-state index contributed by atoms with van der Waals surface area (Å²) in [6.45, 7) is 1.23. The van der Waals surface area contributed by atoms with Crippen molar-refractivity contribution in [3.05, 3.63) is 41.6 Å². The van der Waals surface area contributed by atoms with Crippen LogP contribution in [0.2, 0.25) is 5.15 Å². The van der Waals surface area contributed by atoms with Gasteiger partial charge in [-0.15, -0.1) is 10.2 Å². The number of aromatic amines is 1. The Bertz CT molecular complexity index is 861. The number of nitrogens with zero attached hydrogens (tertiary/aromatic N) is 4. The molecule has 3 N–H and O–H groups in total. The van der Waals surface area contributed by atoms with E-state index < -0.39 is 0 Å². The zero-order valence-corrected chi connectivity index (χ0v) is 14.2. The highest BCUT2D eigenvalue weighted by Gasteiger charge is 2.42. The first-order valence-electron chi connectivity index (χ1n) is 8.03. The van der Waals surface area contributed by atoms with Gasteiger partial charge in [-0.3, -0.25) is 0 Å². The number of hydrogen-bond donors (Lipinski definition) is 2. The van der Waals surface area contributed by atoms with E-state index in [2.05, 4.69) is 25.6 Å². The lowest BCUT2D eigenvalue weighted by Gasteiger charge is -2.14. The number of benzene rings is 1. The maximum atomic E-state index is 6.35. The van der Waals surface area contributed by atoms with Crippen molar-refractivity contribution in [1.82, 2.24) is 25.6 Å². The van der Waals surface area contributed by atoms with E-state index in [0.717, 1.165) is 29.5 Å². The van der Waals surface area contributed by atoms with Crippen LogP contribution in [0.4, 0.5) is 0 Å². The highest BCUT2D eigenvalue weighted by molar-refractivity contribution is 6.32. The average Bonchev–Trinajstić information content (AvgIpc) is 3.22. The smallest absolute Gasteiger partial charge is 0.214 e. The highest BCUT2D eigenvalue weighted by Crippen LogP contribution is 2.44. The molecule has 0 amide bonds. The van der Waals surface area contributed by atoms with Crippen LogP contribution in [-0.2, 0) is 0 Å². The molecule has 0 spiro atoms. The molecule has 2 aromatic heterocycles. The van der Waals surface area contributed by atoms with Gasteiger partial charge in [0.15, 0.2) is 0 Å². The van der Waals surface area contributed by atoms with Gasteiger partial charge in [-0.2, -0.15) is 5.21 Å². The van der Waals surface area contributed by atoms with E-state index in [1.807, 2.05) is 36.4 Å². The molecule has 4 rings (SSSR count). The van der Waals surface area contributed by atoms with Crippen molar-refractivity contribution in [1.29, 1.82) is 0 Å². The summed E-state index contributed by atoms with van der Waals surface area (Å²) in [5.41, 5.74) is 8.58. The SMILES string of the molecule is NCC1(COc2ccc(-c3ccc(-c4nn[nH]n4)cc3)c(Cl)n2)CC1. The van der Waals surface area contributed by atoms with Gasteiger partial charge >= 0.3 is 0 Å². The van der Waals surface area contributed by atoms with Crippen LogP contribution in [0.25, 0.3) is 22.5 Å². The van der Waals surface area contributed by atoms with E-state index in [0.29, 0.717) is 30.0 Å². The van der Waals surface area contributed by atoms with Gasteiger partial charge in [-0.1, -0.05) is 35.9 Å². The summed E-state index contributed by atoms with van der Waals surface area (Å²) in [6, 6.07) is 11.5. The normalized spacial score (nSPS) is 15.1. The van der Waals surface area contributed by atoms with Crippen LogP contribution < -0.4 is 10.5 Å². The van der Waals surface area contributed by atoms with Gasteiger partial charge in [-0.05, 0) is 29.7 Å². The number of H-pyrrole nitrogens is 1. The van der Waals surface area contributed by atoms with Gasteiger partial charge in [0.25, 0.3) is 0 Å². The fourth-order valence-corrected chi connectivity index (χ4v) is 2.86. The molecule has 0 bridgehead atoms. The second kappa shape index (κ2) is 6.42. The number of nitrogens with two attached hydrogens (primary N) is 1. The number of nitrogens with one attached hydrogen (secondary N) is 1. The van der Waals surface area contributed by atoms with E-state index in [4.69, 9.17) is 22.1 Å². The number of aromatic nitrogens is 5. The summed E-state index contributed by atoms with van der Waals surface area (Å²) in [5.74, 6) is 1.07. The molecule has 2 heterocycles. The number of rotatable bonds is 6. The predicted octanol–water partition coefficient (Wildman–Crippen LogP) is 2.70. The van der Waals surface area contributed by atoms with Crippen LogP contribution in [0.3, 0.4) is 0 Å². The molecule has 0 aliphatic heterocycles. The van der Waals surface area contributed by atoms with Crippen LogP contribution in [-0.4, -0.2) is 38.8 Å². The van der Waals surface area contributed by atoms with Crippen molar-refractivity contribution >= 4 is 11.6 Å². The van der Waals surface area contributed by atoms with Gasteiger partial charge in [0.05, 0.1) is 6.61 Å². The van der Waals surface area contributed by atoms with Crippen molar-refractivity contribution in [2.75, 3.05) is 13.2 Å². The standard InChI is InChI=1S/C17H17ClN6O/c18-15-13(5-6-14(20-15)25-10-17(9-19)7-8-17)11-1-3-12(4-2-11)16-21-23-24-22-16/h1-6H,7-10,19H2,(H,21,22,23,24). The van der Waals surface area contributed by atoms with Gasteiger partial charge in [0.2, 0.25) is 11.7 Å². The Hall–Kier alpha value is -2.51. The van der Waals surface area contributed by atoms with Crippen molar-refractivity contribution in [3.63, 3.8) is 0 Å². The van der Waals surface area contributed by atoms with Crippen LogP contribution >= 0.6 is 11.6 Å². The minimum Gasteiger partial charge on any atom is -0.477 e. The van der Waals surface area contributed by atoms with Crippen LogP contribution in [0.1, 0.15) is 12.8 Å². The third-order valence-corrected chi connectivity index (χ3v) is 4.83. The Morgan fingerprint density at radius 2 is 1.88 bits per heavy atom. The Morgan fingerprint density at radius 3 is 2.48 bits per heavy atom. The van der Waals surface area contributed by atoms with E-state index >= 15 is 0 Å². The summed E-state index contributed by atoms with van der Waals surface area (Å²) in [4.78, 5) is 4.35. The molecule has 25 heavy (non-hydrogen) atoms. The largest absolute Gasteiger partial charge is 0.477 e. The maximum absolute atomic E-state index is 6.35. The Labute approximate surface area is 149 Å². The van der Waals surface area contributed by atoms with Gasteiger partial charge in [0, 0.05) is 29.2 Å². The zero-order chi connectivity index (χ0) is 17.3. The third-order valence-electron chi connectivity index (χ3n) is 4.54. The molecule has 0 unspecified atom stereocenters. The van der Waals surface area contributed by atoms with Crippen molar-refractivity contribution < 1.29 is 4.74 Å². The minimum atomic E-state index is 0.137. The van der Waals surface area contributed by atoms with Crippen molar-refractivity contribution in [2.24, 2.45) is 11.1 Å². The molecule has 0 saturated heterocycles. The number of halogens is 1. The first-order valence-corrected chi connectivity index (χ1v) is 8.41. The van der Waals surface area contributed by atoms with Crippen molar-refractivity contribution in [2.45, 2.75) is 12.8 Å². The lowest BCUT2D eigenvalue weighted by Crippen LogP contribution is -2.23. The molecule has 1 saturated carbocycles. The summed E-state index contributed by atoms with van der Waals surface area (Å²) in [5, 5.41) is 14.3. The molecule has 128 valence electrons. The lowest BCUT2D eigenvalue weighted by molar-refractivity contribution is 0.231. The lowest BCUT2D eigenvalue weighted by atomic mass is 10.1. The molecule has 1 aliphatic carbocycles. The van der Waals surface area contributed by atoms with Gasteiger partial charge < -0.3 is 10.5 Å². The van der Waals surface area contributed by atoms with Crippen molar-refractivity contribution in [3.8, 4) is 28.4 Å². The number of ether oxygens (including phenoxy) is 1. The second-order valence-electron chi connectivity index (χ2n) is 6.29. The minimum absolute atomic E-state index is 0.137. The molecule has 1 aliphatic rings. The van der Waals surface area contributed by atoms with Gasteiger partial charge in [-0.25, -0.2) is 4.98 Å². The first kappa shape index (κ1) is 16.0. The summed E-state index contributed by atoms with van der Waals surface area (Å²) in [6.07, 6.45) is 2.23. The van der Waals surface area contributed by atoms with E-state index in [-0.39, 0.29) is 5.41 Å². The van der Waals surface area contributed by atoms with Crippen LogP contribution in [0.5, 0.6) is 5.88 Å². The van der Waals surface area contributed by atoms with Crippen LogP contribution in [0, 0.1) is 5.41 Å². The van der Waals surface area contributed by atoms with E-state index in [9.17, 15) is 0 Å². The number of pyridine rings is 1. The van der Waals surface area contributed by atoms with Gasteiger partial charge in [0.1, 0.15) is 5.15 Å². The molecule has 3 aromatic rings. The average molecular weight is 357 g/mol. The van der Waals surface area contributed by atoms with E-state index in [1.54, 1.807) is 0 Å². The Balaban J connectivity index is 1.50. The quantitative estimate of drug-likeness (QED) is 0.658. The Morgan fingerprint density at radius 1 is 1.12 bits per heavy atom. The molecule has 1 fully saturated rings. The third kappa shape index (κ3) is 3.33.